The van der Waals surface area contributed by atoms with Crippen LogP contribution in [0.5, 0.6) is 0 Å². The summed E-state index contributed by atoms with van der Waals surface area (Å²) in [6.45, 7) is 0. The number of hydrogen-bond acceptors (Lipinski definition) is 5. The zero-order chi connectivity index (χ0) is 4.50. The van der Waals surface area contributed by atoms with Crippen molar-refractivity contribution >= 4 is 9.05 Å². The van der Waals surface area contributed by atoms with Crippen molar-refractivity contribution in [1.82, 2.24) is 0 Å². The molecule has 0 spiro atoms. The Hall–Kier alpha value is 0.496. The van der Waals surface area contributed by atoms with Gasteiger partial charge in [-0.25, -0.2) is 0 Å². The summed E-state index contributed by atoms with van der Waals surface area (Å²) < 4.78 is 0. The summed E-state index contributed by atoms with van der Waals surface area (Å²) in [6.07, 6.45) is 0. The smallest absolute Gasteiger partial charge is 0.870 e. The largest absolute Gasteiger partial charge is 2.00 e. The van der Waals surface area contributed by atoms with E-state index in [4.69, 9.17) is 19.2 Å². The van der Waals surface area contributed by atoms with Gasteiger partial charge in [0.25, 0.3) is 0 Å². The van der Waals surface area contributed by atoms with Crippen molar-refractivity contribution in [3.63, 3.8) is 0 Å². The van der Waals surface area contributed by atoms with Crippen LogP contribution in [0.4, 0.5) is 0 Å². The van der Waals surface area contributed by atoms with E-state index < -0.39 is 9.05 Å². The van der Waals surface area contributed by atoms with E-state index >= 15 is 0 Å². The first-order chi connectivity index (χ1) is 2.00. The third-order valence-corrected chi connectivity index (χ3v) is 0. The molecule has 0 saturated heterocycles. The van der Waals surface area contributed by atoms with Gasteiger partial charge in [0.1, 0.15) is 0 Å². The van der Waals surface area contributed by atoms with Crippen LogP contribution in [0.25, 0.3) is 0 Å². The minimum Gasteiger partial charge on any atom is -0.870 e. The first-order valence-electron chi connectivity index (χ1n) is 0.875. The summed E-state index contributed by atoms with van der Waals surface area (Å²) in [6, 6.07) is 0. The van der Waals surface area contributed by atoms with Crippen molar-refractivity contribution in [1.29, 1.82) is 0 Å². The molecule has 1 radical (unpaired) electrons. The van der Waals surface area contributed by atoms with E-state index in [-0.39, 0.29) is 28.0 Å². The van der Waals surface area contributed by atoms with Crippen LogP contribution >= 0.6 is 0 Å². The Morgan fingerprint density at radius 3 is 1.12 bits per heavy atom. The molecule has 8 heavy (non-hydrogen) atoms. The maximum atomic E-state index is 8.91. The predicted molar refractivity (Wildman–Crippen MR) is 18.0 cm³/mol. The second-order valence-electron chi connectivity index (χ2n) is 0.574. The molecule has 0 aliphatic heterocycles. The Kier molecular flexibility index (Phi) is 22.1. The van der Waals surface area contributed by atoms with Crippen LogP contribution in [-0.4, -0.2) is 34.4 Å². The molecule has 0 saturated carbocycles. The average molecular weight is 194 g/mol. The SMILES string of the molecule is O.[Cu+2].[O-][Si](O)(O)O.[OH-]. The molecular formula is H6CuO6Si. The summed E-state index contributed by atoms with van der Waals surface area (Å²) in [5, 5.41) is 0. The van der Waals surface area contributed by atoms with Crippen LogP contribution < -0.4 is 4.80 Å². The average Bonchev–Trinajstić information content (AvgIpc) is 0.722. The fourth-order valence-corrected chi connectivity index (χ4v) is 0. The molecule has 0 amide bonds. The van der Waals surface area contributed by atoms with Crippen molar-refractivity contribution in [2.75, 3.05) is 0 Å². The van der Waals surface area contributed by atoms with E-state index in [1.54, 1.807) is 0 Å². The van der Waals surface area contributed by atoms with Gasteiger partial charge in [-0.2, -0.15) is 0 Å². The zero-order valence-electron chi connectivity index (χ0n) is 3.50. The van der Waals surface area contributed by atoms with Gasteiger partial charge in [-0.05, 0) is 0 Å². The third kappa shape index (κ3) is 797. The van der Waals surface area contributed by atoms with Crippen molar-refractivity contribution < 1.29 is 47.2 Å². The molecule has 0 aromatic carbocycles. The summed E-state index contributed by atoms with van der Waals surface area (Å²) >= 11 is 0. The van der Waals surface area contributed by atoms with Crippen molar-refractivity contribution in [3.8, 4) is 0 Å². The summed E-state index contributed by atoms with van der Waals surface area (Å²) in [7, 11) is -4.86. The molecule has 0 aliphatic rings. The van der Waals surface area contributed by atoms with Crippen LogP contribution in [0.3, 0.4) is 0 Å². The minimum absolute atomic E-state index is 0. The van der Waals surface area contributed by atoms with Crippen LogP contribution in [0.2, 0.25) is 0 Å². The van der Waals surface area contributed by atoms with Gasteiger partial charge in [-0.3, -0.25) is 0 Å². The van der Waals surface area contributed by atoms with Gasteiger partial charge in [0.15, 0.2) is 0 Å². The van der Waals surface area contributed by atoms with Crippen molar-refractivity contribution in [3.05, 3.63) is 0 Å². The molecule has 0 heterocycles. The van der Waals surface area contributed by atoms with E-state index in [1.165, 1.54) is 0 Å². The Bertz CT molecular complexity index is 24.0. The molecule has 0 atom stereocenters. The van der Waals surface area contributed by atoms with Gasteiger partial charge < -0.3 is 30.1 Å². The first kappa shape index (κ1) is 23.6. The number of hydrogen-bond donors (Lipinski definition) is 3. The molecule has 0 rings (SSSR count). The van der Waals surface area contributed by atoms with Gasteiger partial charge in [-0.1, -0.05) is 0 Å². The third-order valence-electron chi connectivity index (χ3n) is 0. The number of rotatable bonds is 0. The Morgan fingerprint density at radius 2 is 1.12 bits per heavy atom. The monoisotopic (exact) mass is 193 g/mol. The second kappa shape index (κ2) is 7.50. The zero-order valence-corrected chi connectivity index (χ0v) is 5.44. The molecule has 0 aliphatic carbocycles. The molecule has 57 valence electrons. The molecular weight excluding hydrogens is 188 g/mol. The topological polar surface area (TPSA) is 145 Å². The molecule has 0 aromatic heterocycles. The summed E-state index contributed by atoms with van der Waals surface area (Å²) in [5.41, 5.74) is 0. The van der Waals surface area contributed by atoms with E-state index in [0.29, 0.717) is 0 Å². The first-order valence-corrected chi connectivity index (χ1v) is 2.62. The normalized spacial score (nSPS) is 7.50. The molecule has 0 unspecified atom stereocenters. The van der Waals surface area contributed by atoms with Crippen LogP contribution in [0.15, 0.2) is 0 Å². The van der Waals surface area contributed by atoms with Gasteiger partial charge in [-0.15, -0.1) is 0 Å². The Balaban J connectivity index is -0.0000000267. The van der Waals surface area contributed by atoms with Crippen LogP contribution in [0.1, 0.15) is 0 Å². The van der Waals surface area contributed by atoms with E-state index in [0.717, 1.165) is 0 Å². The van der Waals surface area contributed by atoms with Gasteiger partial charge >= 0.3 is 26.1 Å². The Morgan fingerprint density at radius 1 is 1.12 bits per heavy atom. The maximum absolute atomic E-state index is 8.91. The summed E-state index contributed by atoms with van der Waals surface area (Å²) in [5.74, 6) is 0. The van der Waals surface area contributed by atoms with Crippen LogP contribution in [-0.2, 0) is 17.1 Å². The second-order valence-corrected chi connectivity index (χ2v) is 1.72. The quantitative estimate of drug-likeness (QED) is 0.334. The predicted octanol–water partition coefficient (Wildman–Crippen LogP) is -4.24. The summed E-state index contributed by atoms with van der Waals surface area (Å²) in [4.78, 5) is 30.6. The van der Waals surface area contributed by atoms with Gasteiger partial charge in [0, 0.05) is 0 Å². The molecule has 6 N–H and O–H groups in total. The van der Waals surface area contributed by atoms with Gasteiger partial charge in [0.05, 0.1) is 0 Å². The fourth-order valence-electron chi connectivity index (χ4n) is 0. The van der Waals surface area contributed by atoms with E-state index in [2.05, 4.69) is 0 Å². The minimum atomic E-state index is -4.86. The standard InChI is InChI=1S/Cu.H3O4Si.2H2O/c;1-5(2,3)4;;/h;1-3H;2*1H2/q+2;-1;;/p-1. The van der Waals surface area contributed by atoms with Crippen LogP contribution in [0, 0.1) is 0 Å². The fraction of sp³-hybridized carbons (Fsp3) is 0. The van der Waals surface area contributed by atoms with Crippen molar-refractivity contribution in [2.45, 2.75) is 0 Å². The Labute approximate surface area is 57.0 Å². The maximum Gasteiger partial charge on any atom is 2.00 e. The van der Waals surface area contributed by atoms with Crippen molar-refractivity contribution in [2.24, 2.45) is 0 Å². The van der Waals surface area contributed by atoms with E-state index in [9.17, 15) is 0 Å². The molecule has 8 heteroatoms. The molecule has 0 aromatic rings. The van der Waals surface area contributed by atoms with Gasteiger partial charge in [0.2, 0.25) is 0 Å². The van der Waals surface area contributed by atoms with E-state index in [1.807, 2.05) is 0 Å². The molecule has 0 bridgehead atoms. The molecule has 6 nitrogen and oxygen atoms in total. The molecule has 0 fully saturated rings.